The van der Waals surface area contributed by atoms with E-state index in [2.05, 4.69) is 32.7 Å². The van der Waals surface area contributed by atoms with Crippen LogP contribution in [-0.2, 0) is 6.54 Å². The quantitative estimate of drug-likeness (QED) is 0.596. The van der Waals surface area contributed by atoms with Crippen molar-refractivity contribution < 1.29 is 4.52 Å². The van der Waals surface area contributed by atoms with Crippen LogP contribution < -0.4 is 10.6 Å². The lowest BCUT2D eigenvalue weighted by Crippen LogP contribution is -2.07. The average Bonchev–Trinajstić information content (AvgIpc) is 2.96. The summed E-state index contributed by atoms with van der Waals surface area (Å²) in [6.07, 6.45) is 4.57. The molecule has 0 aliphatic carbocycles. The van der Waals surface area contributed by atoms with Gasteiger partial charge in [-0.1, -0.05) is 23.8 Å². The number of rotatable bonds is 7. The summed E-state index contributed by atoms with van der Waals surface area (Å²) in [6.45, 7) is 3.59. The van der Waals surface area contributed by atoms with E-state index >= 15 is 0 Å². The van der Waals surface area contributed by atoms with E-state index in [9.17, 15) is 0 Å². The lowest BCUT2D eigenvalue weighted by atomic mass is 10.4. The molecular weight excluding hydrogens is 262 g/mol. The lowest BCUT2D eigenvalue weighted by molar-refractivity contribution is 0.412. The standard InChI is InChI=1S/C12H17N5OS/c1-3-5-13-10-7-11(16-12(15-10)19-2)14-8-9-4-6-18-17-9/h4,6-7H,3,5,8H2,1-2H3,(H2,13,14,15,16). The Kier molecular flexibility index (Phi) is 5.02. The summed E-state index contributed by atoms with van der Waals surface area (Å²) in [7, 11) is 0. The van der Waals surface area contributed by atoms with Crippen molar-refractivity contribution in [3.8, 4) is 0 Å². The Labute approximate surface area is 116 Å². The Bertz CT molecular complexity index is 503. The minimum Gasteiger partial charge on any atom is -0.370 e. The van der Waals surface area contributed by atoms with Gasteiger partial charge in [0.2, 0.25) is 0 Å². The maximum Gasteiger partial charge on any atom is 0.191 e. The summed E-state index contributed by atoms with van der Waals surface area (Å²) in [4.78, 5) is 8.80. The maximum absolute atomic E-state index is 4.79. The van der Waals surface area contributed by atoms with Crippen molar-refractivity contribution in [1.29, 1.82) is 0 Å². The molecule has 0 bridgehead atoms. The predicted molar refractivity (Wildman–Crippen MR) is 76.4 cm³/mol. The van der Waals surface area contributed by atoms with Gasteiger partial charge < -0.3 is 15.2 Å². The zero-order chi connectivity index (χ0) is 13.5. The third-order valence-corrected chi connectivity index (χ3v) is 2.93. The van der Waals surface area contributed by atoms with Crippen molar-refractivity contribution in [3.63, 3.8) is 0 Å². The van der Waals surface area contributed by atoms with Gasteiger partial charge in [-0.25, -0.2) is 9.97 Å². The molecule has 0 aromatic carbocycles. The average molecular weight is 279 g/mol. The zero-order valence-electron chi connectivity index (χ0n) is 11.0. The summed E-state index contributed by atoms with van der Waals surface area (Å²) in [5.74, 6) is 1.62. The molecule has 0 saturated heterocycles. The van der Waals surface area contributed by atoms with E-state index in [4.69, 9.17) is 4.52 Å². The summed E-state index contributed by atoms with van der Waals surface area (Å²) < 4.78 is 4.79. The van der Waals surface area contributed by atoms with Crippen LogP contribution in [-0.4, -0.2) is 27.9 Å². The Morgan fingerprint density at radius 2 is 2.05 bits per heavy atom. The fraction of sp³-hybridized carbons (Fsp3) is 0.417. The highest BCUT2D eigenvalue weighted by Gasteiger charge is 2.04. The van der Waals surface area contributed by atoms with Gasteiger partial charge in [0.1, 0.15) is 23.6 Å². The Morgan fingerprint density at radius 3 is 2.68 bits per heavy atom. The molecule has 2 heterocycles. The maximum atomic E-state index is 4.79. The van der Waals surface area contributed by atoms with Crippen LogP contribution in [0.1, 0.15) is 19.0 Å². The molecule has 0 saturated carbocycles. The molecule has 2 N–H and O–H groups in total. The van der Waals surface area contributed by atoms with Gasteiger partial charge >= 0.3 is 0 Å². The van der Waals surface area contributed by atoms with E-state index in [1.165, 1.54) is 11.8 Å². The normalized spacial score (nSPS) is 10.4. The molecule has 0 atom stereocenters. The van der Waals surface area contributed by atoms with Crippen LogP contribution in [0.25, 0.3) is 0 Å². The number of thioether (sulfide) groups is 1. The van der Waals surface area contributed by atoms with Crippen molar-refractivity contribution in [2.45, 2.75) is 25.0 Å². The highest BCUT2D eigenvalue weighted by molar-refractivity contribution is 7.98. The van der Waals surface area contributed by atoms with Gasteiger partial charge in [-0.3, -0.25) is 0 Å². The van der Waals surface area contributed by atoms with Crippen LogP contribution >= 0.6 is 11.8 Å². The molecule has 2 aromatic rings. The highest BCUT2D eigenvalue weighted by Crippen LogP contribution is 2.17. The van der Waals surface area contributed by atoms with Gasteiger partial charge in [0.05, 0.1) is 6.54 Å². The van der Waals surface area contributed by atoms with Gasteiger partial charge in [-0.2, -0.15) is 0 Å². The lowest BCUT2D eigenvalue weighted by Gasteiger charge is -2.09. The van der Waals surface area contributed by atoms with Crippen molar-refractivity contribution in [1.82, 2.24) is 15.1 Å². The number of hydrogen-bond donors (Lipinski definition) is 2. The molecule has 2 rings (SSSR count). The molecule has 19 heavy (non-hydrogen) atoms. The molecule has 7 heteroatoms. The van der Waals surface area contributed by atoms with Crippen LogP contribution in [0.5, 0.6) is 0 Å². The molecule has 0 radical (unpaired) electrons. The number of hydrogen-bond acceptors (Lipinski definition) is 7. The second-order valence-corrected chi connectivity index (χ2v) is 4.67. The van der Waals surface area contributed by atoms with Crippen molar-refractivity contribution >= 4 is 23.4 Å². The van der Waals surface area contributed by atoms with Crippen LogP contribution in [0.15, 0.2) is 28.1 Å². The first kappa shape index (κ1) is 13.7. The minimum absolute atomic E-state index is 0.578. The first-order valence-corrected chi connectivity index (χ1v) is 7.34. The van der Waals surface area contributed by atoms with Gasteiger partial charge in [0, 0.05) is 18.7 Å². The topological polar surface area (TPSA) is 75.9 Å². The molecule has 6 nitrogen and oxygen atoms in total. The van der Waals surface area contributed by atoms with Gasteiger partial charge in [-0.05, 0) is 12.7 Å². The van der Waals surface area contributed by atoms with Crippen LogP contribution in [0.2, 0.25) is 0 Å². The molecule has 0 aliphatic heterocycles. The zero-order valence-corrected chi connectivity index (χ0v) is 11.8. The second-order valence-electron chi connectivity index (χ2n) is 3.90. The Morgan fingerprint density at radius 1 is 1.26 bits per heavy atom. The van der Waals surface area contributed by atoms with Crippen molar-refractivity contribution in [3.05, 3.63) is 24.1 Å². The molecule has 0 aliphatic rings. The highest BCUT2D eigenvalue weighted by atomic mass is 32.2. The number of nitrogens with one attached hydrogen (secondary N) is 2. The Balaban J connectivity index is 2.05. The van der Waals surface area contributed by atoms with Crippen LogP contribution in [0.3, 0.4) is 0 Å². The second kappa shape index (κ2) is 6.98. The van der Waals surface area contributed by atoms with Crippen molar-refractivity contribution in [2.24, 2.45) is 0 Å². The number of anilines is 2. The van der Waals surface area contributed by atoms with E-state index in [0.29, 0.717) is 6.54 Å². The van der Waals surface area contributed by atoms with E-state index in [-0.39, 0.29) is 0 Å². The van der Waals surface area contributed by atoms with Gasteiger partial charge in [-0.15, -0.1) is 0 Å². The summed E-state index contributed by atoms with van der Waals surface area (Å²) in [6, 6.07) is 3.72. The molecule has 0 fully saturated rings. The molecule has 102 valence electrons. The van der Waals surface area contributed by atoms with Crippen LogP contribution in [0.4, 0.5) is 11.6 Å². The minimum atomic E-state index is 0.578. The number of aromatic nitrogens is 3. The number of nitrogens with zero attached hydrogens (tertiary/aromatic N) is 3. The van der Waals surface area contributed by atoms with Crippen molar-refractivity contribution in [2.75, 3.05) is 23.4 Å². The van der Waals surface area contributed by atoms with E-state index < -0.39 is 0 Å². The fourth-order valence-corrected chi connectivity index (χ4v) is 1.84. The van der Waals surface area contributed by atoms with E-state index in [0.717, 1.165) is 35.5 Å². The molecule has 2 aromatic heterocycles. The summed E-state index contributed by atoms with van der Waals surface area (Å²) >= 11 is 1.52. The van der Waals surface area contributed by atoms with E-state index in [1.807, 2.05) is 18.4 Å². The molecule has 0 unspecified atom stereocenters. The molecule has 0 amide bonds. The van der Waals surface area contributed by atoms with Gasteiger partial charge in [0.15, 0.2) is 5.16 Å². The first-order valence-electron chi connectivity index (χ1n) is 6.12. The smallest absolute Gasteiger partial charge is 0.191 e. The van der Waals surface area contributed by atoms with Crippen LogP contribution in [0, 0.1) is 0 Å². The monoisotopic (exact) mass is 279 g/mol. The predicted octanol–water partition coefficient (Wildman–Crippen LogP) is 2.62. The third kappa shape index (κ3) is 4.13. The summed E-state index contributed by atoms with van der Waals surface area (Å²) in [5.41, 5.74) is 0.840. The Hall–Kier alpha value is -1.76. The largest absolute Gasteiger partial charge is 0.370 e. The summed E-state index contributed by atoms with van der Waals surface area (Å²) in [5, 5.41) is 11.1. The first-order chi connectivity index (χ1) is 9.31. The third-order valence-electron chi connectivity index (χ3n) is 2.39. The molecular formula is C12H17N5OS. The van der Waals surface area contributed by atoms with E-state index in [1.54, 1.807) is 6.26 Å². The fourth-order valence-electron chi connectivity index (χ4n) is 1.46. The van der Waals surface area contributed by atoms with Gasteiger partial charge in [0.25, 0.3) is 0 Å². The SMILES string of the molecule is CCCNc1cc(NCc2ccon2)nc(SC)n1. The molecule has 0 spiro atoms.